The predicted molar refractivity (Wildman–Crippen MR) is 236 cm³/mol. The van der Waals surface area contributed by atoms with Gasteiger partial charge in [-0.3, -0.25) is 9.38 Å². The van der Waals surface area contributed by atoms with Gasteiger partial charge in [0.2, 0.25) is 0 Å². The summed E-state index contributed by atoms with van der Waals surface area (Å²) >= 11 is 1.81. The van der Waals surface area contributed by atoms with E-state index in [1.807, 2.05) is 23.7 Å². The largest absolute Gasteiger partial charge is 0.290 e. The lowest BCUT2D eigenvalue weighted by Gasteiger charge is -2.37. The Bertz CT molecular complexity index is 3340. The lowest BCUT2D eigenvalue weighted by atomic mass is 9.64. The van der Waals surface area contributed by atoms with Crippen molar-refractivity contribution in [2.24, 2.45) is 5.92 Å². The quantitative estimate of drug-likeness (QED) is 0.180. The number of hydrogen-bond acceptors (Lipinski definition) is 3. The molecule has 10 aromatic rings. The summed E-state index contributed by atoms with van der Waals surface area (Å²) in [5.74, 6) is 0.498. The zero-order valence-corrected chi connectivity index (χ0v) is 31.6. The van der Waals surface area contributed by atoms with Gasteiger partial charge in [0.1, 0.15) is 16.0 Å². The van der Waals surface area contributed by atoms with Gasteiger partial charge < -0.3 is 0 Å². The van der Waals surface area contributed by atoms with E-state index in [4.69, 9.17) is 4.98 Å². The van der Waals surface area contributed by atoms with Crippen LogP contribution in [0.25, 0.3) is 75.8 Å². The Labute approximate surface area is 333 Å². The van der Waals surface area contributed by atoms with E-state index >= 15 is 0 Å². The van der Waals surface area contributed by atoms with Crippen molar-refractivity contribution >= 4 is 53.8 Å². The molecule has 0 amide bonds. The Balaban J connectivity index is 0.933. The van der Waals surface area contributed by atoms with Gasteiger partial charge in [-0.1, -0.05) is 121 Å². The third-order valence-corrected chi connectivity index (χ3v) is 14.2. The average Bonchev–Trinajstić information content (AvgIpc) is 4.00. The van der Waals surface area contributed by atoms with Crippen molar-refractivity contribution in [1.29, 1.82) is 0 Å². The van der Waals surface area contributed by atoms with Gasteiger partial charge in [-0.15, -0.1) is 11.3 Å². The molecule has 0 bridgehead atoms. The Morgan fingerprint density at radius 2 is 1.25 bits per heavy atom. The second-order valence-electron chi connectivity index (χ2n) is 15.8. The van der Waals surface area contributed by atoms with Crippen LogP contribution in [0.1, 0.15) is 33.7 Å². The van der Waals surface area contributed by atoms with Gasteiger partial charge in [0, 0.05) is 40.5 Å². The molecule has 266 valence electrons. The lowest BCUT2D eigenvalue weighted by molar-refractivity contribution is 0.467. The molecular weight excluding hydrogens is 711 g/mol. The van der Waals surface area contributed by atoms with E-state index in [9.17, 15) is 0 Å². The molecule has 1 spiro atoms. The summed E-state index contributed by atoms with van der Waals surface area (Å²) < 4.78 is 3.53. The van der Waals surface area contributed by atoms with Crippen molar-refractivity contribution in [3.63, 3.8) is 0 Å². The normalized spacial score (nSPS) is 17.3. The molecular formula is C53H33N3S. The molecule has 2 unspecified atom stereocenters. The molecule has 13 rings (SSSR count). The van der Waals surface area contributed by atoms with Crippen molar-refractivity contribution in [2.45, 2.75) is 11.3 Å². The predicted octanol–water partition coefficient (Wildman–Crippen LogP) is 13.3. The Hall–Kier alpha value is -6.88. The van der Waals surface area contributed by atoms with Crippen LogP contribution in [0.4, 0.5) is 0 Å². The van der Waals surface area contributed by atoms with Crippen LogP contribution in [0, 0.1) is 5.92 Å². The highest BCUT2D eigenvalue weighted by Gasteiger charge is 2.57. The fraction of sp³-hybridized carbons (Fsp3) is 0.0566. The minimum atomic E-state index is -0.310. The first kappa shape index (κ1) is 31.3. The summed E-state index contributed by atoms with van der Waals surface area (Å²) in [6.07, 6.45) is 13.4. The third kappa shape index (κ3) is 4.31. The number of pyridine rings is 2. The number of nitrogens with zero attached hydrogens (tertiary/aromatic N) is 3. The van der Waals surface area contributed by atoms with Crippen LogP contribution < -0.4 is 0 Å². The van der Waals surface area contributed by atoms with Gasteiger partial charge in [-0.25, -0.2) is 4.98 Å². The number of imidazole rings is 1. The van der Waals surface area contributed by atoms with E-state index in [1.165, 1.54) is 92.5 Å². The maximum atomic E-state index is 5.00. The van der Waals surface area contributed by atoms with Gasteiger partial charge in [0.25, 0.3) is 0 Å². The van der Waals surface area contributed by atoms with Crippen LogP contribution in [-0.2, 0) is 5.41 Å². The fourth-order valence-corrected chi connectivity index (χ4v) is 11.6. The van der Waals surface area contributed by atoms with Crippen LogP contribution in [-0.4, -0.2) is 14.4 Å². The molecule has 4 heteroatoms. The molecule has 0 radical (unpaired) electrons. The Morgan fingerprint density at radius 1 is 0.579 bits per heavy atom. The van der Waals surface area contributed by atoms with Gasteiger partial charge in [0.15, 0.2) is 0 Å². The van der Waals surface area contributed by atoms with E-state index in [0.29, 0.717) is 0 Å². The number of rotatable bonds is 3. The lowest BCUT2D eigenvalue weighted by Crippen LogP contribution is -2.33. The number of fused-ring (bicyclic) bond motifs is 16. The van der Waals surface area contributed by atoms with Crippen LogP contribution in [0.3, 0.4) is 0 Å². The zero-order chi connectivity index (χ0) is 37.2. The molecule has 0 aliphatic heterocycles. The highest BCUT2D eigenvalue weighted by molar-refractivity contribution is 7.25. The molecule has 0 saturated heterocycles. The smallest absolute Gasteiger partial charge is 0.138 e. The number of hydrogen-bond donors (Lipinski definition) is 0. The van der Waals surface area contributed by atoms with E-state index in [2.05, 4.69) is 185 Å². The van der Waals surface area contributed by atoms with Gasteiger partial charge >= 0.3 is 0 Å². The van der Waals surface area contributed by atoms with Gasteiger partial charge in [-0.2, -0.15) is 0 Å². The second kappa shape index (κ2) is 11.6. The first-order chi connectivity index (χ1) is 28.2. The summed E-state index contributed by atoms with van der Waals surface area (Å²) in [5, 5.41) is 3.69. The molecule has 6 aromatic carbocycles. The fourth-order valence-electron chi connectivity index (χ4n) is 10.5. The SMILES string of the molecule is C1=CC2c3ccc(-c4ccc5cc(-c6ccc7nc8c9ccccc9sc8n7c6)ccc5c4)cc3C3(c4ccccc4-c4ccccc43)C2C=C1c1ccncc1. The summed E-state index contributed by atoms with van der Waals surface area (Å²) in [6, 6.07) is 56.5. The zero-order valence-electron chi connectivity index (χ0n) is 30.8. The molecule has 2 atom stereocenters. The molecule has 0 N–H and O–H groups in total. The van der Waals surface area contributed by atoms with Crippen molar-refractivity contribution in [3.8, 4) is 33.4 Å². The van der Waals surface area contributed by atoms with Crippen molar-refractivity contribution in [1.82, 2.24) is 14.4 Å². The highest BCUT2D eigenvalue weighted by Crippen LogP contribution is 2.66. The molecule has 0 fully saturated rings. The van der Waals surface area contributed by atoms with E-state index in [-0.39, 0.29) is 17.3 Å². The minimum absolute atomic E-state index is 0.229. The molecule has 3 aliphatic carbocycles. The topological polar surface area (TPSA) is 30.2 Å². The standard InChI is InChI=1S/C53H33N3S/c1-4-10-45-40(7-1)41-8-2-5-11-46(41)53(45)47-29-37(32-23-25-54-26-24-32)17-20-42(47)43-21-18-38(30-48(43)53)35-14-13-34-28-36(16-15-33(34)27-35)39-19-22-50-55-51-44-9-3-6-12-49(44)57-52(51)56(50)31-39/h1-31,42,47H. The average molecular weight is 744 g/mol. The number of benzene rings is 6. The van der Waals surface area contributed by atoms with Crippen LogP contribution in [0.15, 0.2) is 188 Å². The van der Waals surface area contributed by atoms with E-state index in [1.54, 1.807) is 0 Å². The maximum absolute atomic E-state index is 5.00. The molecule has 4 heterocycles. The summed E-state index contributed by atoms with van der Waals surface area (Å²) in [4.78, 5) is 10.5. The Morgan fingerprint density at radius 3 is 2.04 bits per heavy atom. The summed E-state index contributed by atoms with van der Waals surface area (Å²) in [5.41, 5.74) is 17.5. The second-order valence-corrected chi connectivity index (χ2v) is 16.8. The highest BCUT2D eigenvalue weighted by atomic mass is 32.1. The van der Waals surface area contributed by atoms with E-state index in [0.717, 1.165) is 11.2 Å². The number of aromatic nitrogens is 3. The molecule has 0 saturated carbocycles. The Kier molecular flexibility index (Phi) is 6.36. The van der Waals surface area contributed by atoms with Crippen LogP contribution in [0.2, 0.25) is 0 Å². The molecule has 57 heavy (non-hydrogen) atoms. The minimum Gasteiger partial charge on any atom is -0.290 e. The maximum Gasteiger partial charge on any atom is 0.138 e. The molecule has 4 aromatic heterocycles. The van der Waals surface area contributed by atoms with Crippen molar-refractivity contribution in [3.05, 3.63) is 216 Å². The van der Waals surface area contributed by atoms with Crippen molar-refractivity contribution in [2.75, 3.05) is 0 Å². The monoisotopic (exact) mass is 743 g/mol. The first-order valence-electron chi connectivity index (χ1n) is 19.7. The number of thiophene rings is 1. The van der Waals surface area contributed by atoms with Gasteiger partial charge in [0.05, 0.1) is 5.41 Å². The molecule has 3 nitrogen and oxygen atoms in total. The number of allylic oxidation sites excluding steroid dienone is 4. The van der Waals surface area contributed by atoms with Crippen LogP contribution >= 0.6 is 11.3 Å². The third-order valence-electron chi connectivity index (χ3n) is 13.0. The van der Waals surface area contributed by atoms with Gasteiger partial charge in [-0.05, 0) is 126 Å². The summed E-state index contributed by atoms with van der Waals surface area (Å²) in [6.45, 7) is 0. The summed E-state index contributed by atoms with van der Waals surface area (Å²) in [7, 11) is 0. The van der Waals surface area contributed by atoms with E-state index < -0.39 is 0 Å². The van der Waals surface area contributed by atoms with Crippen LogP contribution in [0.5, 0.6) is 0 Å². The molecule has 3 aliphatic rings. The first-order valence-corrected chi connectivity index (χ1v) is 20.5. The van der Waals surface area contributed by atoms with Crippen molar-refractivity contribution < 1.29 is 0 Å².